The monoisotopic (exact) mass is 320 g/mol. The van der Waals surface area contributed by atoms with Gasteiger partial charge in [-0.05, 0) is 28.7 Å². The molecule has 0 aliphatic carbocycles. The van der Waals surface area contributed by atoms with Crippen molar-refractivity contribution in [1.82, 2.24) is 7.99 Å². The van der Waals surface area contributed by atoms with Crippen LogP contribution in [0.15, 0.2) is 12.3 Å². The van der Waals surface area contributed by atoms with Gasteiger partial charge in [-0.2, -0.15) is 5.10 Å². The highest BCUT2D eigenvalue weighted by molar-refractivity contribution is 14.1. The van der Waals surface area contributed by atoms with E-state index in [9.17, 15) is 0 Å². The van der Waals surface area contributed by atoms with Crippen LogP contribution in [0.3, 0.4) is 0 Å². The smallest absolute Gasteiger partial charge is 0.124 e. The molecule has 38 valence electrons. The molecule has 0 unspecified atom stereocenters. The lowest BCUT2D eigenvalue weighted by atomic mass is 10.8. The lowest BCUT2D eigenvalue weighted by Gasteiger charge is -1.75. The van der Waals surface area contributed by atoms with Gasteiger partial charge in [-0.1, -0.05) is 0 Å². The van der Waals surface area contributed by atoms with E-state index in [-0.39, 0.29) is 0 Å². The Balaban J connectivity index is 3.04. The zero-order valence-corrected chi connectivity index (χ0v) is 7.62. The molecule has 0 aliphatic rings. The maximum atomic E-state index is 4.00. The summed E-state index contributed by atoms with van der Waals surface area (Å²) in [4.78, 5) is 0. The number of hydrogen-bond acceptors (Lipinski definition) is 1. The van der Waals surface area contributed by atoms with Crippen molar-refractivity contribution in [2.45, 2.75) is 0 Å². The largest absolute Gasteiger partial charge is 0.211 e. The van der Waals surface area contributed by atoms with Gasteiger partial charge in [-0.15, -0.1) is 0 Å². The third kappa shape index (κ3) is 1.56. The predicted octanol–water partition coefficient (Wildman–Crippen LogP) is 1.69. The van der Waals surface area contributed by atoms with Crippen molar-refractivity contribution in [3.8, 4) is 0 Å². The average Bonchev–Trinajstić information content (AvgIpc) is 1.87. The van der Waals surface area contributed by atoms with Crippen LogP contribution in [0.4, 0.5) is 0 Å². The summed E-state index contributed by atoms with van der Waals surface area (Å²) in [6, 6.07) is 1.95. The molecule has 1 aromatic heterocycles. The van der Waals surface area contributed by atoms with E-state index in [0.717, 1.165) is 3.70 Å². The first-order valence-electron chi connectivity index (χ1n) is 1.66. The van der Waals surface area contributed by atoms with Crippen molar-refractivity contribution < 1.29 is 0 Å². The topological polar surface area (TPSA) is 17.8 Å². The zero-order valence-electron chi connectivity index (χ0n) is 3.31. The second-order valence-electron chi connectivity index (χ2n) is 1.03. The van der Waals surface area contributed by atoms with Crippen molar-refractivity contribution >= 4 is 45.5 Å². The molecule has 0 fully saturated rings. The van der Waals surface area contributed by atoms with Crippen molar-refractivity contribution in [1.29, 1.82) is 0 Å². The molecule has 0 aromatic carbocycles. The molecule has 4 heteroatoms. The van der Waals surface area contributed by atoms with Crippen molar-refractivity contribution in [2.75, 3.05) is 0 Å². The number of rotatable bonds is 0. The minimum absolute atomic E-state index is 1.03. The Morgan fingerprint density at radius 3 is 2.57 bits per heavy atom. The molecule has 2 nitrogen and oxygen atoms in total. The van der Waals surface area contributed by atoms with Crippen LogP contribution in [-0.4, -0.2) is 7.99 Å². The fraction of sp³-hybridized carbons (Fsp3) is 0. The summed E-state index contributed by atoms with van der Waals surface area (Å²) in [6.07, 6.45) is 1.91. The summed E-state index contributed by atoms with van der Waals surface area (Å²) >= 11 is 4.27. The van der Waals surface area contributed by atoms with Gasteiger partial charge in [-0.25, -0.2) is 2.90 Å². The predicted molar refractivity (Wildman–Crippen MR) is 44.4 cm³/mol. The molecule has 1 rings (SSSR count). The lowest BCUT2D eigenvalue weighted by molar-refractivity contribution is 1.04. The molecule has 0 atom stereocenters. The summed E-state index contributed by atoms with van der Waals surface area (Å²) in [6.45, 7) is 0. The second kappa shape index (κ2) is 2.29. The van der Waals surface area contributed by atoms with Crippen LogP contribution in [0.2, 0.25) is 0 Å². The highest BCUT2D eigenvalue weighted by atomic mass is 127. The molecular formula is C3H2I2N2. The Hall–Kier alpha value is 0.670. The maximum Gasteiger partial charge on any atom is 0.124 e. The van der Waals surface area contributed by atoms with Crippen molar-refractivity contribution in [3.63, 3.8) is 0 Å². The van der Waals surface area contributed by atoms with Crippen LogP contribution in [0.1, 0.15) is 0 Å². The Morgan fingerprint density at radius 2 is 2.43 bits per heavy atom. The number of nitrogens with zero attached hydrogens (tertiary/aromatic N) is 2. The third-order valence-electron chi connectivity index (χ3n) is 0.526. The molecule has 0 spiro atoms. The van der Waals surface area contributed by atoms with Gasteiger partial charge in [0, 0.05) is 6.20 Å². The Bertz CT molecular complexity index is 143. The summed E-state index contributed by atoms with van der Waals surface area (Å²) in [5.41, 5.74) is 0. The molecule has 0 saturated heterocycles. The van der Waals surface area contributed by atoms with Gasteiger partial charge in [-0.3, -0.25) is 0 Å². The minimum atomic E-state index is 1.03. The van der Waals surface area contributed by atoms with E-state index in [4.69, 9.17) is 0 Å². The van der Waals surface area contributed by atoms with Gasteiger partial charge in [0.2, 0.25) is 0 Å². The molecule has 0 bridgehead atoms. The second-order valence-corrected chi connectivity index (χ2v) is 3.12. The summed E-state index contributed by atoms with van der Waals surface area (Å²) < 4.78 is 2.78. The average molecular weight is 320 g/mol. The van der Waals surface area contributed by atoms with Crippen LogP contribution in [0, 0.1) is 3.70 Å². The van der Waals surface area contributed by atoms with Crippen LogP contribution < -0.4 is 0 Å². The van der Waals surface area contributed by atoms with E-state index in [1.807, 2.05) is 12.3 Å². The van der Waals surface area contributed by atoms with Gasteiger partial charge in [0.15, 0.2) is 0 Å². The Morgan fingerprint density at radius 1 is 1.71 bits per heavy atom. The zero-order chi connectivity index (χ0) is 5.28. The van der Waals surface area contributed by atoms with Gasteiger partial charge >= 0.3 is 0 Å². The van der Waals surface area contributed by atoms with Gasteiger partial charge in [0.1, 0.15) is 3.70 Å². The maximum absolute atomic E-state index is 4.00. The van der Waals surface area contributed by atoms with E-state index in [1.54, 1.807) is 2.90 Å². The summed E-state index contributed by atoms with van der Waals surface area (Å²) in [5.74, 6) is 0. The molecule has 0 amide bonds. The normalized spacial score (nSPS) is 9.43. The van der Waals surface area contributed by atoms with Gasteiger partial charge in [0.05, 0.1) is 22.9 Å². The van der Waals surface area contributed by atoms with Crippen LogP contribution in [0.5, 0.6) is 0 Å². The fourth-order valence-electron chi connectivity index (χ4n) is 0.281. The Labute approximate surface area is 68.9 Å². The first-order chi connectivity index (χ1) is 3.29. The van der Waals surface area contributed by atoms with E-state index >= 15 is 0 Å². The third-order valence-corrected chi connectivity index (χ3v) is 1.64. The molecule has 7 heavy (non-hydrogen) atoms. The molecule has 0 N–H and O–H groups in total. The molecule has 0 radical (unpaired) electrons. The van der Waals surface area contributed by atoms with E-state index in [2.05, 4.69) is 50.6 Å². The van der Waals surface area contributed by atoms with Crippen LogP contribution >= 0.6 is 45.5 Å². The first kappa shape index (κ1) is 5.80. The molecule has 1 heterocycles. The molecule has 1 aromatic rings. The summed E-state index contributed by atoms with van der Waals surface area (Å²) in [7, 11) is 0. The summed E-state index contributed by atoms with van der Waals surface area (Å²) in [5, 5.41) is 4.00. The van der Waals surface area contributed by atoms with Crippen LogP contribution in [-0.2, 0) is 0 Å². The van der Waals surface area contributed by atoms with E-state index in [0.29, 0.717) is 0 Å². The molecule has 0 saturated carbocycles. The minimum Gasteiger partial charge on any atom is -0.211 e. The number of hydrogen-bond donors (Lipinski definition) is 0. The van der Waals surface area contributed by atoms with Gasteiger partial charge in [0.25, 0.3) is 0 Å². The van der Waals surface area contributed by atoms with E-state index in [1.165, 1.54) is 0 Å². The highest BCUT2D eigenvalue weighted by Crippen LogP contribution is 2.00. The lowest BCUT2D eigenvalue weighted by Crippen LogP contribution is -1.76. The Kier molecular flexibility index (Phi) is 1.90. The van der Waals surface area contributed by atoms with Crippen LogP contribution in [0.25, 0.3) is 0 Å². The van der Waals surface area contributed by atoms with E-state index < -0.39 is 0 Å². The quantitative estimate of drug-likeness (QED) is 0.665. The molecule has 0 aliphatic heterocycles. The standard InChI is InChI=1S/C3H2I2N2/c4-3-1-2-7(5)6-3/h1-2H. The van der Waals surface area contributed by atoms with Crippen molar-refractivity contribution in [3.05, 3.63) is 16.0 Å². The van der Waals surface area contributed by atoms with Crippen molar-refractivity contribution in [2.24, 2.45) is 0 Å². The van der Waals surface area contributed by atoms with Gasteiger partial charge < -0.3 is 0 Å². The molecular weight excluding hydrogens is 318 g/mol. The first-order valence-corrected chi connectivity index (χ1v) is 3.71. The number of halogens is 2. The number of aromatic nitrogens is 2. The SMILES string of the molecule is Ic1ccn(I)n1. The fourth-order valence-corrected chi connectivity index (χ4v) is 1.48. The highest BCUT2D eigenvalue weighted by Gasteiger charge is 1.85.